The van der Waals surface area contributed by atoms with Crippen LogP contribution in [0.4, 0.5) is 0 Å². The van der Waals surface area contributed by atoms with E-state index in [4.69, 9.17) is 13.8 Å². The van der Waals surface area contributed by atoms with E-state index >= 15 is 0 Å². The normalized spacial score (nSPS) is 16.7. The highest BCUT2D eigenvalue weighted by Gasteiger charge is 2.24. The molecule has 0 radical (unpaired) electrons. The number of hydrogen-bond acceptors (Lipinski definition) is 5. The monoisotopic (exact) mass is 339 g/mol. The highest BCUT2D eigenvalue weighted by atomic mass is 31.2. The second-order valence-corrected chi connectivity index (χ2v) is 7.18. The summed E-state index contributed by atoms with van der Waals surface area (Å²) in [6.45, 7) is 4.05. The van der Waals surface area contributed by atoms with E-state index < -0.39 is 8.53 Å². The molecule has 0 bridgehead atoms. The summed E-state index contributed by atoms with van der Waals surface area (Å²) in [5, 5.41) is 2.98. The van der Waals surface area contributed by atoms with Gasteiger partial charge in [-0.1, -0.05) is 25.5 Å². The van der Waals surface area contributed by atoms with Crippen LogP contribution in [-0.4, -0.2) is 25.7 Å². The van der Waals surface area contributed by atoms with Crippen molar-refractivity contribution in [3.63, 3.8) is 0 Å². The predicted molar refractivity (Wildman–Crippen MR) is 91.4 cm³/mol. The number of carbonyl (C=O) groups is 1. The van der Waals surface area contributed by atoms with Crippen LogP contribution in [0.1, 0.15) is 51.0 Å². The van der Waals surface area contributed by atoms with Gasteiger partial charge < -0.3 is 13.8 Å². The first-order chi connectivity index (χ1) is 11.1. The molecule has 2 atom stereocenters. The molecule has 1 fully saturated rings. The Morgan fingerprint density at radius 1 is 1.43 bits per heavy atom. The van der Waals surface area contributed by atoms with Crippen LogP contribution in [0.2, 0.25) is 0 Å². The fourth-order valence-electron chi connectivity index (χ4n) is 2.33. The van der Waals surface area contributed by atoms with Crippen molar-refractivity contribution in [3.05, 3.63) is 29.8 Å². The minimum Gasteiger partial charge on any atom is -0.462 e. The van der Waals surface area contributed by atoms with E-state index in [1.807, 2.05) is 19.1 Å². The fourth-order valence-corrected chi connectivity index (χ4v) is 3.16. The molecular weight excluding hydrogens is 313 g/mol. The number of esters is 1. The van der Waals surface area contributed by atoms with Gasteiger partial charge in [0.2, 0.25) is 0 Å². The largest absolute Gasteiger partial charge is 0.462 e. The molecule has 0 saturated heterocycles. The molecule has 0 amide bonds. The summed E-state index contributed by atoms with van der Waals surface area (Å²) >= 11 is 0. The van der Waals surface area contributed by atoms with Gasteiger partial charge in [-0.3, -0.25) is 4.79 Å². The lowest BCUT2D eigenvalue weighted by atomic mass is 10.1. The number of hydrogen-bond donors (Lipinski definition) is 1. The molecule has 0 aliphatic heterocycles. The Hall–Kier alpha value is -1.16. The van der Waals surface area contributed by atoms with Crippen molar-refractivity contribution < 1.29 is 18.6 Å². The zero-order valence-electron chi connectivity index (χ0n) is 14.1. The van der Waals surface area contributed by atoms with Crippen LogP contribution >= 0.6 is 8.53 Å². The Balaban J connectivity index is 1.78. The highest BCUT2D eigenvalue weighted by molar-refractivity contribution is 7.45. The molecule has 1 aromatic carbocycles. The summed E-state index contributed by atoms with van der Waals surface area (Å²) in [6, 6.07) is 8.07. The lowest BCUT2D eigenvalue weighted by Crippen LogP contribution is -2.25. The quantitative estimate of drug-likeness (QED) is 0.513. The van der Waals surface area contributed by atoms with Crippen molar-refractivity contribution >= 4 is 14.5 Å². The van der Waals surface area contributed by atoms with Crippen LogP contribution in [0.5, 0.6) is 5.75 Å². The average molecular weight is 339 g/mol. The lowest BCUT2D eigenvalue weighted by molar-refractivity contribution is -0.147. The van der Waals surface area contributed by atoms with Crippen molar-refractivity contribution in [1.82, 2.24) is 5.09 Å². The van der Waals surface area contributed by atoms with Gasteiger partial charge in [-0.15, -0.1) is 0 Å². The van der Waals surface area contributed by atoms with Crippen LogP contribution in [0, 0.1) is 0 Å². The number of nitrogens with one attached hydrogen (secondary N) is 1. The topological polar surface area (TPSA) is 56.8 Å². The van der Waals surface area contributed by atoms with Gasteiger partial charge in [0.05, 0.1) is 6.10 Å². The summed E-state index contributed by atoms with van der Waals surface area (Å²) in [6.07, 6.45) is 4.31. The van der Waals surface area contributed by atoms with Gasteiger partial charge in [0, 0.05) is 7.11 Å². The zero-order chi connectivity index (χ0) is 16.7. The summed E-state index contributed by atoms with van der Waals surface area (Å²) in [7, 11) is 0.202. The summed E-state index contributed by atoms with van der Waals surface area (Å²) in [5.74, 6) is 1.16. The van der Waals surface area contributed by atoms with Crippen molar-refractivity contribution in [2.45, 2.75) is 51.6 Å². The average Bonchev–Trinajstić information content (AvgIpc) is 3.36. The number of rotatable bonds is 10. The van der Waals surface area contributed by atoms with Crippen LogP contribution in [0.3, 0.4) is 0 Å². The van der Waals surface area contributed by atoms with E-state index in [0.29, 0.717) is 5.92 Å². The van der Waals surface area contributed by atoms with Crippen LogP contribution < -0.4 is 9.61 Å². The molecule has 128 valence electrons. The number of ether oxygens (including phenoxy) is 1. The molecule has 1 aromatic rings. The maximum atomic E-state index is 11.8. The fraction of sp³-hybridized carbons (Fsp3) is 0.588. The highest BCUT2D eigenvalue weighted by Crippen LogP contribution is 2.42. The first-order valence-electron chi connectivity index (χ1n) is 8.17. The molecule has 2 unspecified atom stereocenters. The van der Waals surface area contributed by atoms with E-state index in [-0.39, 0.29) is 18.6 Å². The van der Waals surface area contributed by atoms with Crippen molar-refractivity contribution in [3.8, 4) is 5.75 Å². The van der Waals surface area contributed by atoms with Crippen LogP contribution in [0.15, 0.2) is 24.3 Å². The van der Waals surface area contributed by atoms with Crippen LogP contribution in [0.25, 0.3) is 0 Å². The van der Waals surface area contributed by atoms with Gasteiger partial charge in [-0.2, -0.15) is 0 Å². The van der Waals surface area contributed by atoms with Gasteiger partial charge in [-0.05, 0) is 49.8 Å². The van der Waals surface area contributed by atoms with E-state index in [1.54, 1.807) is 7.11 Å². The standard InChI is InChI=1S/C17H26NO4P/c1-4-6-13(2)21-17(19)12-18-23(20-3)22-16-8-5-7-15(11-16)14-9-10-14/h5,7-8,11,13-14,18H,4,6,9-10,12H2,1-3H3. The molecule has 1 aliphatic rings. The molecule has 23 heavy (non-hydrogen) atoms. The molecule has 0 aromatic heterocycles. The van der Waals surface area contributed by atoms with Crippen molar-refractivity contribution in [2.75, 3.05) is 13.7 Å². The van der Waals surface area contributed by atoms with E-state index in [1.165, 1.54) is 18.4 Å². The molecule has 2 rings (SSSR count). The SMILES string of the molecule is CCCC(C)OC(=O)CNP(OC)Oc1cccc(C2CC2)c1. The maximum absolute atomic E-state index is 11.8. The Kier molecular flexibility index (Phi) is 7.28. The molecular formula is C17H26NO4P. The second-order valence-electron chi connectivity index (χ2n) is 5.80. The minimum absolute atomic E-state index is 0.0563. The van der Waals surface area contributed by atoms with Gasteiger partial charge in [0.15, 0.2) is 0 Å². The first kappa shape index (κ1) is 18.2. The van der Waals surface area contributed by atoms with Gasteiger partial charge in [0.1, 0.15) is 12.3 Å². The van der Waals surface area contributed by atoms with Crippen molar-refractivity contribution in [2.24, 2.45) is 0 Å². The second kappa shape index (κ2) is 9.21. The molecule has 0 spiro atoms. The maximum Gasteiger partial charge on any atom is 0.320 e. The Bertz CT molecular complexity index is 507. The van der Waals surface area contributed by atoms with Crippen LogP contribution in [-0.2, 0) is 14.1 Å². The third-order valence-corrected chi connectivity index (χ3v) is 4.77. The Labute approximate surface area is 139 Å². The van der Waals surface area contributed by atoms with Gasteiger partial charge in [0.25, 0.3) is 0 Å². The predicted octanol–water partition coefficient (Wildman–Crippen LogP) is 4.14. The zero-order valence-corrected chi connectivity index (χ0v) is 15.0. The lowest BCUT2D eigenvalue weighted by Gasteiger charge is -2.18. The minimum atomic E-state index is -1.36. The van der Waals surface area contributed by atoms with E-state index in [9.17, 15) is 4.79 Å². The van der Waals surface area contributed by atoms with Gasteiger partial charge in [-0.25, -0.2) is 5.09 Å². The van der Waals surface area contributed by atoms with Crippen molar-refractivity contribution in [1.29, 1.82) is 0 Å². The molecule has 1 saturated carbocycles. The molecule has 1 aliphatic carbocycles. The Morgan fingerprint density at radius 2 is 2.22 bits per heavy atom. The molecule has 0 heterocycles. The molecule has 6 heteroatoms. The number of carbonyl (C=O) groups excluding carboxylic acids is 1. The van der Waals surface area contributed by atoms with Gasteiger partial charge >= 0.3 is 14.5 Å². The third-order valence-electron chi connectivity index (χ3n) is 3.64. The molecule has 1 N–H and O–H groups in total. The summed E-state index contributed by atoms with van der Waals surface area (Å²) in [5.41, 5.74) is 1.31. The smallest absolute Gasteiger partial charge is 0.320 e. The Morgan fingerprint density at radius 3 is 2.87 bits per heavy atom. The van der Waals surface area contributed by atoms with E-state index in [2.05, 4.69) is 24.1 Å². The first-order valence-corrected chi connectivity index (χ1v) is 9.35. The third kappa shape index (κ3) is 6.46. The van der Waals surface area contributed by atoms with E-state index in [0.717, 1.165) is 18.6 Å². The summed E-state index contributed by atoms with van der Waals surface area (Å²) < 4.78 is 16.4. The number of benzene rings is 1. The summed E-state index contributed by atoms with van der Waals surface area (Å²) in [4.78, 5) is 11.8. The molecule has 5 nitrogen and oxygen atoms in total.